The lowest BCUT2D eigenvalue weighted by Gasteiger charge is -2.37. The average Bonchev–Trinajstić information content (AvgIpc) is 3.59. The van der Waals surface area contributed by atoms with Gasteiger partial charge in [-0.2, -0.15) is 0 Å². The number of rotatable bonds is 3. The second kappa shape index (κ2) is 9.91. The average molecular weight is 540 g/mol. The Balaban J connectivity index is 0.000000152. The summed E-state index contributed by atoms with van der Waals surface area (Å²) in [6.07, 6.45) is 2.49. The summed E-state index contributed by atoms with van der Waals surface area (Å²) < 4.78 is 6.32. The van der Waals surface area contributed by atoms with E-state index >= 15 is 0 Å². The number of piperazine rings is 1. The maximum atomic E-state index is 12.6. The first-order valence-electron chi connectivity index (χ1n) is 11.2. The molecule has 0 saturated carbocycles. The molecule has 0 aliphatic carbocycles. The van der Waals surface area contributed by atoms with Crippen molar-refractivity contribution in [3.8, 4) is 0 Å². The van der Waals surface area contributed by atoms with Gasteiger partial charge in [0.15, 0.2) is 0 Å². The number of nitrogens with one attached hydrogen (secondary N) is 2. The van der Waals surface area contributed by atoms with E-state index in [9.17, 15) is 9.59 Å². The molecule has 2 aliphatic heterocycles. The van der Waals surface area contributed by atoms with Crippen LogP contribution in [0.25, 0.3) is 20.4 Å². The van der Waals surface area contributed by atoms with Gasteiger partial charge in [-0.15, -0.1) is 22.7 Å². The molecule has 180 valence electrons. The van der Waals surface area contributed by atoms with Crippen molar-refractivity contribution in [3.05, 3.63) is 44.3 Å². The summed E-state index contributed by atoms with van der Waals surface area (Å²) in [7, 11) is 0. The Morgan fingerprint density at radius 3 is 2.29 bits per heavy atom. The minimum Gasteiger partial charge on any atom is -0.461 e. The van der Waals surface area contributed by atoms with Crippen LogP contribution in [0.4, 0.5) is 0 Å². The summed E-state index contributed by atoms with van der Waals surface area (Å²) in [4.78, 5) is 36.5. The lowest BCUT2D eigenvalue weighted by molar-refractivity contribution is 0.0519. The first kappa shape index (κ1) is 23.7. The summed E-state index contributed by atoms with van der Waals surface area (Å²) in [5, 5.41) is 1.98. The van der Waals surface area contributed by atoms with Crippen LogP contribution < -0.4 is 0 Å². The van der Waals surface area contributed by atoms with E-state index in [2.05, 4.69) is 14.9 Å². The van der Waals surface area contributed by atoms with Crippen LogP contribution in [0.15, 0.2) is 24.3 Å². The van der Waals surface area contributed by atoms with Crippen LogP contribution in [0, 0.1) is 0 Å². The maximum Gasteiger partial charge on any atom is 0.354 e. The minimum atomic E-state index is -0.327. The molecule has 0 aromatic carbocycles. The smallest absolute Gasteiger partial charge is 0.354 e. The Hall–Kier alpha value is -2.04. The highest BCUT2D eigenvalue weighted by molar-refractivity contribution is 7.22. The molecule has 7 nitrogen and oxygen atoms in total. The third-order valence-electron chi connectivity index (χ3n) is 6.16. The van der Waals surface area contributed by atoms with Crippen LogP contribution in [-0.2, 0) is 4.74 Å². The van der Waals surface area contributed by atoms with Gasteiger partial charge in [0.05, 0.1) is 15.3 Å². The molecular formula is C23H24Cl2N4O3S2. The van der Waals surface area contributed by atoms with E-state index in [1.807, 2.05) is 23.1 Å². The summed E-state index contributed by atoms with van der Waals surface area (Å²) in [5.74, 6) is -0.205. The number of fused-ring (bicyclic) bond motifs is 3. The topological polar surface area (TPSA) is 81.4 Å². The molecular weight excluding hydrogens is 515 g/mol. The second-order valence-corrected chi connectivity index (χ2v) is 11.7. The summed E-state index contributed by atoms with van der Waals surface area (Å²) >= 11 is 14.7. The highest BCUT2D eigenvalue weighted by Gasteiger charge is 2.33. The molecule has 2 aliphatic rings. The molecule has 0 radical (unpaired) electrons. The first-order valence-corrected chi connectivity index (χ1v) is 13.6. The van der Waals surface area contributed by atoms with E-state index in [1.54, 1.807) is 13.0 Å². The maximum absolute atomic E-state index is 12.6. The number of nitrogens with zero attached hydrogens (tertiary/aromatic N) is 2. The predicted molar refractivity (Wildman–Crippen MR) is 139 cm³/mol. The molecule has 34 heavy (non-hydrogen) atoms. The van der Waals surface area contributed by atoms with Gasteiger partial charge in [-0.25, -0.2) is 4.79 Å². The van der Waals surface area contributed by atoms with Gasteiger partial charge in [0.2, 0.25) is 0 Å². The van der Waals surface area contributed by atoms with Crippen LogP contribution in [0.5, 0.6) is 0 Å². The van der Waals surface area contributed by atoms with Crippen molar-refractivity contribution in [2.75, 3.05) is 32.8 Å². The van der Waals surface area contributed by atoms with Crippen molar-refractivity contribution in [2.45, 2.75) is 25.8 Å². The fourth-order valence-electron chi connectivity index (χ4n) is 4.56. The molecule has 0 bridgehead atoms. The van der Waals surface area contributed by atoms with Crippen LogP contribution in [0.3, 0.4) is 0 Å². The van der Waals surface area contributed by atoms with Gasteiger partial charge < -0.3 is 19.6 Å². The molecule has 1 amide bonds. The number of hydrogen-bond donors (Lipinski definition) is 2. The zero-order chi connectivity index (χ0) is 23.8. The highest BCUT2D eigenvalue weighted by Crippen LogP contribution is 2.31. The Labute approximate surface area is 214 Å². The standard InChI is InChI=1S/C14H16ClN3OS.C9H8ClNO2S/c15-12-7-9-6-11(16-13(9)20-12)14(19)18-5-4-17-3-1-2-10(17)8-18;1-2-13-9(12)6-3-5-4-7(10)14-8(5)11-6/h6-7,10,16H,1-5,8H2;3-4,11H,2H2,1H3. The molecule has 1 unspecified atom stereocenters. The number of esters is 1. The summed E-state index contributed by atoms with van der Waals surface area (Å²) in [6, 6.07) is 7.96. The van der Waals surface area contributed by atoms with E-state index in [4.69, 9.17) is 27.9 Å². The zero-order valence-electron chi connectivity index (χ0n) is 18.5. The number of halogens is 2. The Morgan fingerprint density at radius 2 is 1.65 bits per heavy atom. The molecule has 0 spiro atoms. The highest BCUT2D eigenvalue weighted by atomic mass is 35.5. The molecule has 2 N–H and O–H groups in total. The predicted octanol–water partition coefficient (Wildman–Crippen LogP) is 5.86. The summed E-state index contributed by atoms with van der Waals surface area (Å²) in [5.41, 5.74) is 1.17. The molecule has 6 heterocycles. The molecule has 1 atom stereocenters. The van der Waals surface area contributed by atoms with Gasteiger partial charge in [0, 0.05) is 36.4 Å². The van der Waals surface area contributed by atoms with Gasteiger partial charge in [-0.3, -0.25) is 9.69 Å². The Bertz CT molecular complexity index is 1280. The number of carbonyl (C=O) groups excluding carboxylic acids is 2. The normalized spacial score (nSPS) is 18.2. The van der Waals surface area contributed by atoms with E-state index < -0.39 is 0 Å². The minimum absolute atomic E-state index is 0.121. The fourth-order valence-corrected chi connectivity index (χ4v) is 6.82. The number of amides is 1. The molecule has 11 heteroatoms. The van der Waals surface area contributed by atoms with Crippen molar-refractivity contribution in [1.82, 2.24) is 19.8 Å². The van der Waals surface area contributed by atoms with Gasteiger partial charge in [0.25, 0.3) is 5.91 Å². The van der Waals surface area contributed by atoms with Crippen molar-refractivity contribution in [1.29, 1.82) is 0 Å². The van der Waals surface area contributed by atoms with Crippen LogP contribution in [0.2, 0.25) is 8.67 Å². The van der Waals surface area contributed by atoms with Crippen molar-refractivity contribution in [3.63, 3.8) is 0 Å². The van der Waals surface area contributed by atoms with Crippen molar-refractivity contribution in [2.24, 2.45) is 0 Å². The molecule has 6 rings (SSSR count). The number of aromatic amines is 2. The Kier molecular flexibility index (Phi) is 6.90. The van der Waals surface area contributed by atoms with Crippen LogP contribution in [0.1, 0.15) is 40.7 Å². The molecule has 4 aromatic rings. The van der Waals surface area contributed by atoms with Crippen molar-refractivity contribution < 1.29 is 14.3 Å². The third-order valence-corrected chi connectivity index (χ3v) is 8.55. The van der Waals surface area contributed by atoms with E-state index in [-0.39, 0.29) is 11.9 Å². The number of H-pyrrole nitrogens is 2. The quantitative estimate of drug-likeness (QED) is 0.320. The lowest BCUT2D eigenvalue weighted by atomic mass is 10.1. The molecule has 2 fully saturated rings. The number of aromatic nitrogens is 2. The summed E-state index contributed by atoms with van der Waals surface area (Å²) in [6.45, 7) is 6.07. The third kappa shape index (κ3) is 4.85. The lowest BCUT2D eigenvalue weighted by Crippen LogP contribution is -2.52. The van der Waals surface area contributed by atoms with Gasteiger partial charge in [0.1, 0.15) is 21.0 Å². The first-order chi connectivity index (χ1) is 16.4. The zero-order valence-corrected chi connectivity index (χ0v) is 21.7. The van der Waals surface area contributed by atoms with E-state index in [1.165, 1.54) is 42.1 Å². The Morgan fingerprint density at radius 1 is 1.00 bits per heavy atom. The largest absolute Gasteiger partial charge is 0.461 e. The number of carbonyl (C=O) groups is 2. The molecule has 2 saturated heterocycles. The monoisotopic (exact) mass is 538 g/mol. The number of thiophene rings is 2. The van der Waals surface area contributed by atoms with E-state index in [0.29, 0.717) is 28.4 Å². The number of hydrogen-bond acceptors (Lipinski definition) is 6. The van der Waals surface area contributed by atoms with Gasteiger partial charge >= 0.3 is 5.97 Å². The molecule has 4 aromatic heterocycles. The van der Waals surface area contributed by atoms with Gasteiger partial charge in [-0.1, -0.05) is 23.2 Å². The van der Waals surface area contributed by atoms with Gasteiger partial charge in [-0.05, 0) is 50.6 Å². The SMILES string of the molecule is CCOC(=O)c1cc2cc(Cl)sc2[nH]1.O=C(c1cc2cc(Cl)sc2[nH]1)N1CCN2CCCC2C1. The van der Waals surface area contributed by atoms with Crippen LogP contribution in [-0.4, -0.2) is 70.5 Å². The van der Waals surface area contributed by atoms with Crippen molar-refractivity contribution >= 4 is 78.2 Å². The second-order valence-electron chi connectivity index (χ2n) is 8.34. The fraction of sp³-hybridized carbons (Fsp3) is 0.391. The number of ether oxygens (including phenoxy) is 1. The van der Waals surface area contributed by atoms with E-state index in [0.717, 1.165) is 44.4 Å². The van der Waals surface area contributed by atoms with Crippen LogP contribution >= 0.6 is 45.9 Å².